The summed E-state index contributed by atoms with van der Waals surface area (Å²) in [6, 6.07) is -0.866. The molecular formula is C66H110FN3O16. The highest BCUT2D eigenvalue weighted by Crippen LogP contribution is 2.70. The van der Waals surface area contributed by atoms with Crippen LogP contribution in [0.5, 0.6) is 0 Å². The second-order valence-corrected chi connectivity index (χ2v) is 29.5. The van der Waals surface area contributed by atoms with E-state index in [1.807, 2.05) is 38.8 Å². The number of ether oxygens (including phenoxy) is 6. The molecule has 0 aromatic rings. The molecule has 8 rings (SSSR count). The Hall–Kier alpha value is -2.54. The molecule has 8 N–H and O–H groups in total. The fourth-order valence-electron chi connectivity index (χ4n) is 18.1. The molecule has 492 valence electrons. The van der Waals surface area contributed by atoms with Crippen molar-refractivity contribution in [2.75, 3.05) is 33.8 Å². The summed E-state index contributed by atoms with van der Waals surface area (Å²) in [7, 11) is 3.55. The van der Waals surface area contributed by atoms with E-state index >= 15 is 4.39 Å². The molecule has 3 aliphatic heterocycles. The van der Waals surface area contributed by atoms with Crippen molar-refractivity contribution in [3.63, 3.8) is 0 Å². The number of methoxy groups -OCH3 is 1. The number of nitrogens with zero attached hydrogens (tertiary/aromatic N) is 2. The van der Waals surface area contributed by atoms with E-state index in [2.05, 4.69) is 10.2 Å². The van der Waals surface area contributed by atoms with E-state index in [0.717, 1.165) is 25.7 Å². The molecule has 3 saturated carbocycles. The minimum absolute atomic E-state index is 0.0688. The number of esters is 1. The van der Waals surface area contributed by atoms with Gasteiger partial charge in [-0.25, -0.2) is 4.39 Å². The third-order valence-electron chi connectivity index (χ3n) is 23.5. The van der Waals surface area contributed by atoms with Gasteiger partial charge in [-0.05, 0) is 144 Å². The summed E-state index contributed by atoms with van der Waals surface area (Å²) in [5.74, 6) is -5.67. The van der Waals surface area contributed by atoms with E-state index < -0.39 is 148 Å². The SMILES string of the molecule is CC[C@H]1OC(=O)[C@H](C)[C@@H](O[C@H]2C[C@@](C)(OC)[C@@H](O)[C@H](C)O2)[C@H](C)[C@@H](O[C@@H]2O[C@H](C)C[C@H](N(C)C3CCCCC3)[C@H]2O)[C@](C)(O)C[C@@H](C)CN(CCCNC(=O)[C@@]2(O)[C@H](C)CC3C4CC=C5CC(=O)C=C[C@]5(C)[C@@]4(F)[C@@H](O)C[C@@]32C)[C@H](C)[C@@H](O)[C@]1(C)O. The number of aliphatic hydroxyl groups excluding tert-OH is 4. The molecule has 0 radical (unpaired) electrons. The van der Waals surface area contributed by atoms with E-state index in [4.69, 9.17) is 28.4 Å². The van der Waals surface area contributed by atoms with E-state index in [1.54, 1.807) is 68.4 Å². The van der Waals surface area contributed by atoms with E-state index in [-0.39, 0.29) is 88.0 Å². The smallest absolute Gasteiger partial charge is 0.311 e. The molecule has 1 amide bonds. The van der Waals surface area contributed by atoms with Gasteiger partial charge in [-0.3, -0.25) is 24.2 Å². The maximum Gasteiger partial charge on any atom is 0.311 e. The number of aliphatic hydroxyl groups is 7. The molecule has 26 atom stereocenters. The first kappa shape index (κ1) is 69.4. The van der Waals surface area contributed by atoms with Crippen LogP contribution in [0.3, 0.4) is 0 Å². The van der Waals surface area contributed by atoms with E-state index in [1.165, 1.54) is 26.5 Å². The van der Waals surface area contributed by atoms with Crippen LogP contribution in [-0.4, -0.2) is 211 Å². The molecule has 6 fully saturated rings. The van der Waals surface area contributed by atoms with Crippen LogP contribution in [0, 0.1) is 46.3 Å². The van der Waals surface area contributed by atoms with Gasteiger partial charge in [-0.1, -0.05) is 71.6 Å². The molecule has 0 aromatic heterocycles. The lowest BCUT2D eigenvalue weighted by Gasteiger charge is -2.61. The number of halogens is 1. The topological polar surface area (TPSA) is 267 Å². The Labute approximate surface area is 511 Å². The molecule has 0 aromatic carbocycles. The van der Waals surface area contributed by atoms with Crippen molar-refractivity contribution < 1.29 is 82.9 Å². The number of carbonyl (C=O) groups excluding carboxylic acids is 3. The lowest BCUT2D eigenvalue weighted by molar-refractivity contribution is -0.318. The van der Waals surface area contributed by atoms with Crippen molar-refractivity contribution in [2.24, 2.45) is 46.3 Å². The average Bonchev–Trinajstić information content (AvgIpc) is 1.34. The van der Waals surface area contributed by atoms with Crippen molar-refractivity contribution in [3.05, 3.63) is 23.8 Å². The summed E-state index contributed by atoms with van der Waals surface area (Å²) in [4.78, 5) is 46.3. The third kappa shape index (κ3) is 12.5. The first-order valence-electron chi connectivity index (χ1n) is 32.7. The van der Waals surface area contributed by atoms with Crippen LogP contribution in [0.15, 0.2) is 23.8 Å². The highest BCUT2D eigenvalue weighted by Gasteiger charge is 2.75. The Morgan fingerprint density at radius 1 is 0.884 bits per heavy atom. The Morgan fingerprint density at radius 3 is 2.21 bits per heavy atom. The van der Waals surface area contributed by atoms with Crippen molar-refractivity contribution >= 4 is 17.7 Å². The summed E-state index contributed by atoms with van der Waals surface area (Å²) in [5, 5.41) is 89.5. The molecule has 20 heteroatoms. The molecule has 3 saturated heterocycles. The molecule has 2 unspecified atom stereocenters. The highest BCUT2D eigenvalue weighted by atomic mass is 19.1. The number of nitrogens with one attached hydrogen (secondary N) is 1. The molecule has 5 aliphatic carbocycles. The van der Waals surface area contributed by atoms with Gasteiger partial charge in [0.05, 0.1) is 47.6 Å². The standard InChI is InChI=1S/C66H110FN3O16/c1-16-50-64(13,79)54(74)41(7)70(28-20-27-68-59(77)66(80)37(3)29-47-46-24-23-43-31-45(71)25-26-60(43,9)65(46,67)49(72)33-61(47,66)10)35-36(2)32-62(11,78)56(86-58-52(73)48(30-38(4)82-58)69(14)44-21-18-17-19-22-44)39(5)53(40(6)57(76)84-50)85-51-34-63(12,81-15)55(75)42(8)83-51/h23,25-26,36-42,44,46-56,58,72-75,78-80H,16-22,24,27-35H2,1-15H3,(H,68,77)/t36-,37-,38-,39+,40-,41-,42+,46?,47?,48+,49+,50-,51+,52-,53+,54-,55+,56-,58+,60+,61+,62-,63-,64-,65+,66+/m1/s1. The summed E-state index contributed by atoms with van der Waals surface area (Å²) in [5.41, 5.74) is -10.7. The Bertz CT molecular complexity index is 2440. The summed E-state index contributed by atoms with van der Waals surface area (Å²) in [6.07, 6.45) is -0.126. The predicted molar refractivity (Wildman–Crippen MR) is 320 cm³/mol. The third-order valence-corrected chi connectivity index (χ3v) is 23.5. The number of ketones is 1. The fourth-order valence-corrected chi connectivity index (χ4v) is 18.1. The Balaban J connectivity index is 1.07. The van der Waals surface area contributed by atoms with Gasteiger partial charge >= 0.3 is 5.97 Å². The number of cyclic esters (lactones) is 1. The van der Waals surface area contributed by atoms with Crippen molar-refractivity contribution in [1.29, 1.82) is 0 Å². The minimum Gasteiger partial charge on any atom is -0.459 e. The molecule has 86 heavy (non-hydrogen) atoms. The van der Waals surface area contributed by atoms with Gasteiger partial charge in [0.15, 0.2) is 29.6 Å². The lowest BCUT2D eigenvalue weighted by Crippen LogP contribution is -2.69. The zero-order valence-electron chi connectivity index (χ0n) is 54.4. The normalized spacial score (nSPS) is 49.4. The fraction of sp³-hybridized carbons (Fsp3) is 0.894. The first-order chi connectivity index (χ1) is 40.1. The molecular weight excluding hydrogens is 1110 g/mol. The van der Waals surface area contributed by atoms with Crippen LogP contribution in [-0.2, 0) is 42.8 Å². The van der Waals surface area contributed by atoms with Gasteiger partial charge < -0.3 is 69.5 Å². The molecule has 0 spiro atoms. The lowest BCUT2D eigenvalue weighted by atomic mass is 9.45. The molecule has 19 nitrogen and oxygen atoms in total. The maximum atomic E-state index is 18.0. The first-order valence-corrected chi connectivity index (χ1v) is 32.7. The number of hydrogen-bond acceptors (Lipinski definition) is 18. The van der Waals surface area contributed by atoms with E-state index in [9.17, 15) is 50.1 Å². The average molecular weight is 1220 g/mol. The van der Waals surface area contributed by atoms with E-state index in [0.29, 0.717) is 24.8 Å². The van der Waals surface area contributed by atoms with Crippen molar-refractivity contribution in [3.8, 4) is 0 Å². The number of alkyl halides is 1. The summed E-state index contributed by atoms with van der Waals surface area (Å²) in [6.45, 7) is 23.3. The van der Waals surface area contributed by atoms with Crippen molar-refractivity contribution in [1.82, 2.24) is 15.1 Å². The van der Waals surface area contributed by atoms with Gasteiger partial charge in [-0.15, -0.1) is 0 Å². The monoisotopic (exact) mass is 1220 g/mol. The largest absolute Gasteiger partial charge is 0.459 e. The molecule has 0 bridgehead atoms. The van der Waals surface area contributed by atoms with Crippen molar-refractivity contribution in [2.45, 2.75) is 294 Å². The van der Waals surface area contributed by atoms with Gasteiger partial charge in [0, 0.05) is 80.4 Å². The number of amides is 1. The number of allylic oxidation sites excluding steroid dienone is 4. The summed E-state index contributed by atoms with van der Waals surface area (Å²) < 4.78 is 56.8. The van der Waals surface area contributed by atoms with Gasteiger partial charge in [0.25, 0.3) is 5.91 Å². The highest BCUT2D eigenvalue weighted by molar-refractivity contribution is 5.93. The maximum absolute atomic E-state index is 18.0. The predicted octanol–water partition coefficient (Wildman–Crippen LogP) is 5.83. The van der Waals surface area contributed by atoms with Crippen LogP contribution in [0.1, 0.15) is 180 Å². The zero-order chi connectivity index (χ0) is 63.6. The number of carbonyl (C=O) groups is 3. The number of hydrogen-bond donors (Lipinski definition) is 8. The molecule has 3 heterocycles. The van der Waals surface area contributed by atoms with Crippen LogP contribution in [0.4, 0.5) is 4.39 Å². The Morgan fingerprint density at radius 2 is 1.56 bits per heavy atom. The molecule has 8 aliphatic rings. The van der Waals surface area contributed by atoms with Crippen LogP contribution in [0.2, 0.25) is 0 Å². The Kier molecular flexibility index (Phi) is 21.1. The van der Waals surface area contributed by atoms with Crippen LogP contribution >= 0.6 is 0 Å². The second kappa shape index (κ2) is 26.2. The summed E-state index contributed by atoms with van der Waals surface area (Å²) >= 11 is 0. The van der Waals surface area contributed by atoms with Gasteiger partial charge in [0.2, 0.25) is 0 Å². The number of fused-ring (bicyclic) bond motifs is 5. The second-order valence-electron chi connectivity index (χ2n) is 29.5. The zero-order valence-corrected chi connectivity index (χ0v) is 54.4. The van der Waals surface area contributed by atoms with Crippen LogP contribution < -0.4 is 5.32 Å². The minimum atomic E-state index is -2.13. The number of likely N-dealkylation sites (N-methyl/N-ethyl adjacent to an activating group) is 1. The van der Waals surface area contributed by atoms with Gasteiger partial charge in [0.1, 0.15) is 30.0 Å². The quantitative estimate of drug-likeness (QED) is 0.0613. The van der Waals surface area contributed by atoms with Gasteiger partial charge in [-0.2, -0.15) is 0 Å². The van der Waals surface area contributed by atoms with Crippen LogP contribution in [0.25, 0.3) is 0 Å². The number of rotatable bonds is 13.